The monoisotopic (exact) mass is 260 g/mol. The van der Waals surface area contributed by atoms with Crippen molar-refractivity contribution in [3.63, 3.8) is 0 Å². The Labute approximate surface area is 118 Å². The summed E-state index contributed by atoms with van der Waals surface area (Å²) in [5, 5.41) is 3.54. The minimum atomic E-state index is 0.217. The molecular formula is C17H28N2. The van der Waals surface area contributed by atoms with E-state index in [1.807, 2.05) is 0 Å². The molecule has 1 aromatic rings. The average Bonchev–Trinajstić information content (AvgIpc) is 2.74. The number of hydrogen-bond donors (Lipinski definition) is 1. The minimum absolute atomic E-state index is 0.217. The van der Waals surface area contributed by atoms with E-state index in [2.05, 4.69) is 56.2 Å². The van der Waals surface area contributed by atoms with Crippen LogP contribution >= 0.6 is 0 Å². The van der Waals surface area contributed by atoms with Crippen LogP contribution in [-0.4, -0.2) is 30.6 Å². The van der Waals surface area contributed by atoms with Gasteiger partial charge in [-0.05, 0) is 63.8 Å². The van der Waals surface area contributed by atoms with Gasteiger partial charge in [0.15, 0.2) is 0 Å². The fourth-order valence-corrected chi connectivity index (χ4v) is 2.74. The van der Waals surface area contributed by atoms with Gasteiger partial charge in [-0.15, -0.1) is 0 Å². The topological polar surface area (TPSA) is 15.3 Å². The zero-order chi connectivity index (χ0) is 13.9. The number of nitrogens with zero attached hydrogens (tertiary/aromatic N) is 1. The predicted octanol–water partition coefficient (Wildman–Crippen LogP) is 3.00. The van der Waals surface area contributed by atoms with Gasteiger partial charge in [0.2, 0.25) is 0 Å². The summed E-state index contributed by atoms with van der Waals surface area (Å²) < 4.78 is 0. The Morgan fingerprint density at radius 1 is 1.16 bits per heavy atom. The summed E-state index contributed by atoms with van der Waals surface area (Å²) >= 11 is 0. The normalized spacial score (nSPS) is 15.0. The standard InChI is InChI=1S/C17H28N2/c1-17(2,3)18-10-11-19(4)13-14-8-9-15-6-5-7-16(15)12-14/h8-9,12,18H,5-7,10-11,13H2,1-4H3. The SMILES string of the molecule is CN(CCNC(C)(C)C)Cc1ccc2c(c1)CCC2. The lowest BCUT2D eigenvalue weighted by Gasteiger charge is -2.23. The van der Waals surface area contributed by atoms with Crippen LogP contribution in [0.25, 0.3) is 0 Å². The van der Waals surface area contributed by atoms with Gasteiger partial charge in [0.1, 0.15) is 0 Å². The highest BCUT2D eigenvalue weighted by Gasteiger charge is 2.12. The number of rotatable bonds is 5. The van der Waals surface area contributed by atoms with E-state index in [9.17, 15) is 0 Å². The van der Waals surface area contributed by atoms with Crippen LogP contribution < -0.4 is 5.32 Å². The molecule has 0 aliphatic heterocycles. The molecule has 0 atom stereocenters. The van der Waals surface area contributed by atoms with Crippen LogP contribution in [0, 0.1) is 0 Å². The molecule has 0 bridgehead atoms. The highest BCUT2D eigenvalue weighted by molar-refractivity contribution is 5.35. The first-order chi connectivity index (χ1) is 8.94. The number of nitrogens with one attached hydrogen (secondary N) is 1. The first kappa shape index (κ1) is 14.5. The van der Waals surface area contributed by atoms with E-state index in [4.69, 9.17) is 0 Å². The highest BCUT2D eigenvalue weighted by Crippen LogP contribution is 2.23. The Balaban J connectivity index is 1.80. The van der Waals surface area contributed by atoms with E-state index < -0.39 is 0 Å². The molecule has 0 aromatic heterocycles. The smallest absolute Gasteiger partial charge is 0.0231 e. The lowest BCUT2D eigenvalue weighted by molar-refractivity contribution is 0.303. The van der Waals surface area contributed by atoms with Crippen LogP contribution in [0.3, 0.4) is 0 Å². The summed E-state index contributed by atoms with van der Waals surface area (Å²) in [5.41, 5.74) is 4.83. The Bertz CT molecular complexity index is 418. The first-order valence-electron chi connectivity index (χ1n) is 7.48. The zero-order valence-corrected chi connectivity index (χ0v) is 12.9. The van der Waals surface area contributed by atoms with Crippen molar-refractivity contribution in [2.24, 2.45) is 0 Å². The molecule has 0 saturated heterocycles. The van der Waals surface area contributed by atoms with Crippen molar-refractivity contribution in [1.29, 1.82) is 0 Å². The molecule has 0 spiro atoms. The lowest BCUT2D eigenvalue weighted by atomic mass is 10.1. The molecule has 0 radical (unpaired) electrons. The quantitative estimate of drug-likeness (QED) is 0.875. The number of aryl methyl sites for hydroxylation is 2. The van der Waals surface area contributed by atoms with E-state index in [-0.39, 0.29) is 5.54 Å². The number of fused-ring (bicyclic) bond motifs is 1. The molecule has 1 aromatic carbocycles. The van der Waals surface area contributed by atoms with Gasteiger partial charge in [0.05, 0.1) is 0 Å². The molecular weight excluding hydrogens is 232 g/mol. The maximum Gasteiger partial charge on any atom is 0.0231 e. The van der Waals surface area contributed by atoms with Crippen molar-refractivity contribution in [3.05, 3.63) is 34.9 Å². The van der Waals surface area contributed by atoms with Crippen molar-refractivity contribution >= 4 is 0 Å². The predicted molar refractivity (Wildman–Crippen MR) is 82.6 cm³/mol. The molecule has 2 rings (SSSR count). The summed E-state index contributed by atoms with van der Waals surface area (Å²) in [5.74, 6) is 0. The van der Waals surface area contributed by atoms with Gasteiger partial charge in [-0.2, -0.15) is 0 Å². The van der Waals surface area contributed by atoms with Gasteiger partial charge in [0, 0.05) is 25.2 Å². The molecule has 0 heterocycles. The van der Waals surface area contributed by atoms with Gasteiger partial charge >= 0.3 is 0 Å². The van der Waals surface area contributed by atoms with E-state index in [1.165, 1.54) is 24.8 Å². The van der Waals surface area contributed by atoms with E-state index >= 15 is 0 Å². The van der Waals surface area contributed by atoms with Crippen LogP contribution in [0.2, 0.25) is 0 Å². The summed E-state index contributed by atoms with van der Waals surface area (Å²) in [7, 11) is 2.21. The van der Waals surface area contributed by atoms with Crippen LogP contribution in [0.5, 0.6) is 0 Å². The third kappa shape index (κ3) is 4.63. The number of hydrogen-bond acceptors (Lipinski definition) is 2. The molecule has 1 aliphatic carbocycles. The molecule has 0 amide bonds. The van der Waals surface area contributed by atoms with Crippen LogP contribution in [0.1, 0.15) is 43.9 Å². The fourth-order valence-electron chi connectivity index (χ4n) is 2.74. The van der Waals surface area contributed by atoms with E-state index in [0.717, 1.165) is 19.6 Å². The van der Waals surface area contributed by atoms with Crippen molar-refractivity contribution in [1.82, 2.24) is 10.2 Å². The molecule has 2 nitrogen and oxygen atoms in total. The summed E-state index contributed by atoms with van der Waals surface area (Å²) in [6.07, 6.45) is 3.89. The fraction of sp³-hybridized carbons (Fsp3) is 0.647. The van der Waals surface area contributed by atoms with Gasteiger partial charge in [-0.1, -0.05) is 18.2 Å². The second kappa shape index (κ2) is 6.06. The first-order valence-corrected chi connectivity index (χ1v) is 7.48. The molecule has 0 fully saturated rings. The third-order valence-electron chi connectivity index (χ3n) is 3.76. The summed E-state index contributed by atoms with van der Waals surface area (Å²) in [4.78, 5) is 2.40. The summed E-state index contributed by atoms with van der Waals surface area (Å²) in [6.45, 7) is 9.84. The van der Waals surface area contributed by atoms with E-state index in [0.29, 0.717) is 0 Å². The molecule has 1 N–H and O–H groups in total. The Morgan fingerprint density at radius 3 is 2.63 bits per heavy atom. The van der Waals surface area contributed by atoms with Crippen molar-refractivity contribution in [2.75, 3.05) is 20.1 Å². The molecule has 19 heavy (non-hydrogen) atoms. The Hall–Kier alpha value is -0.860. The Morgan fingerprint density at radius 2 is 1.89 bits per heavy atom. The molecule has 2 heteroatoms. The molecule has 106 valence electrons. The highest BCUT2D eigenvalue weighted by atomic mass is 15.1. The molecule has 1 aliphatic rings. The van der Waals surface area contributed by atoms with Crippen molar-refractivity contribution in [2.45, 2.75) is 52.1 Å². The third-order valence-corrected chi connectivity index (χ3v) is 3.76. The second-order valence-corrected chi connectivity index (χ2v) is 6.87. The van der Waals surface area contributed by atoms with Crippen LogP contribution in [0.4, 0.5) is 0 Å². The maximum atomic E-state index is 3.54. The Kier molecular flexibility index (Phi) is 4.64. The van der Waals surface area contributed by atoms with Crippen LogP contribution in [0.15, 0.2) is 18.2 Å². The second-order valence-electron chi connectivity index (χ2n) is 6.87. The number of benzene rings is 1. The van der Waals surface area contributed by atoms with Gasteiger partial charge < -0.3 is 10.2 Å². The average molecular weight is 260 g/mol. The van der Waals surface area contributed by atoms with Crippen LogP contribution in [-0.2, 0) is 19.4 Å². The lowest BCUT2D eigenvalue weighted by Crippen LogP contribution is -2.40. The molecule has 0 unspecified atom stereocenters. The van der Waals surface area contributed by atoms with E-state index in [1.54, 1.807) is 11.1 Å². The summed E-state index contributed by atoms with van der Waals surface area (Å²) in [6, 6.07) is 7.05. The van der Waals surface area contributed by atoms with Gasteiger partial charge in [-0.3, -0.25) is 0 Å². The number of likely N-dealkylation sites (N-methyl/N-ethyl adjacent to an activating group) is 1. The molecule has 0 saturated carbocycles. The zero-order valence-electron chi connectivity index (χ0n) is 12.9. The van der Waals surface area contributed by atoms with Gasteiger partial charge in [-0.25, -0.2) is 0 Å². The largest absolute Gasteiger partial charge is 0.311 e. The minimum Gasteiger partial charge on any atom is -0.311 e. The van der Waals surface area contributed by atoms with Crippen molar-refractivity contribution in [3.8, 4) is 0 Å². The maximum absolute atomic E-state index is 3.54. The van der Waals surface area contributed by atoms with Gasteiger partial charge in [0.25, 0.3) is 0 Å². The van der Waals surface area contributed by atoms with Crippen molar-refractivity contribution < 1.29 is 0 Å².